The topological polar surface area (TPSA) is 56.3 Å². The molecule has 1 heterocycles. The summed E-state index contributed by atoms with van der Waals surface area (Å²) in [5.74, 6) is -0.636. The summed E-state index contributed by atoms with van der Waals surface area (Å²) in [5.41, 5.74) is -0.206. The van der Waals surface area contributed by atoms with Crippen LogP contribution in [0.4, 0.5) is 0 Å². The molecule has 0 aliphatic carbocycles. The number of Topliss-reactive ketones (excluding diaryl/α,β-unsaturated/α-hetero) is 1. The highest BCUT2D eigenvalue weighted by molar-refractivity contribution is 7.09. The Labute approximate surface area is 105 Å². The first-order valence-corrected chi connectivity index (χ1v) is 6.37. The van der Waals surface area contributed by atoms with Crippen molar-refractivity contribution >= 4 is 23.1 Å². The van der Waals surface area contributed by atoms with E-state index in [1.807, 2.05) is 12.3 Å². The van der Waals surface area contributed by atoms with Gasteiger partial charge in [0.2, 0.25) is 0 Å². The number of hydrogen-bond donors (Lipinski definition) is 0. The maximum Gasteiger partial charge on any atom is 0.319 e. The summed E-state index contributed by atoms with van der Waals surface area (Å²) in [6.07, 6.45) is 0.185. The molecule has 1 aromatic heterocycles. The molecule has 0 fully saturated rings. The van der Waals surface area contributed by atoms with Crippen LogP contribution >= 0.6 is 11.3 Å². The normalized spacial score (nSPS) is 11.3. The predicted octanol–water partition coefficient (Wildman–Crippen LogP) is 2.15. The lowest BCUT2D eigenvalue weighted by molar-refractivity contribution is -0.157. The third-order valence-corrected chi connectivity index (χ3v) is 3.43. The highest BCUT2D eigenvalue weighted by Gasteiger charge is 2.37. The number of aromatic nitrogens is 1. The summed E-state index contributed by atoms with van der Waals surface area (Å²) in [7, 11) is 0. The number of ketones is 1. The fourth-order valence-corrected chi connectivity index (χ4v) is 2.04. The molecule has 0 unspecified atom stereocenters. The van der Waals surface area contributed by atoms with Crippen LogP contribution in [0.5, 0.6) is 0 Å². The highest BCUT2D eigenvalue weighted by Crippen LogP contribution is 2.22. The van der Waals surface area contributed by atoms with E-state index in [9.17, 15) is 9.59 Å². The third-order valence-electron chi connectivity index (χ3n) is 2.46. The number of ether oxygens (including phenoxy) is 1. The van der Waals surface area contributed by atoms with Gasteiger partial charge in [0.15, 0.2) is 5.78 Å². The van der Waals surface area contributed by atoms with Crippen molar-refractivity contribution < 1.29 is 14.3 Å². The van der Waals surface area contributed by atoms with Crippen LogP contribution in [-0.4, -0.2) is 23.3 Å². The number of carbonyl (C=O) groups is 2. The molecule has 0 N–H and O–H groups in total. The number of nitrogens with zero attached hydrogens (tertiary/aromatic N) is 1. The van der Waals surface area contributed by atoms with Gasteiger partial charge in [-0.3, -0.25) is 9.59 Å². The first-order valence-electron chi connectivity index (χ1n) is 5.49. The Bertz CT molecular complexity index is 423. The molecule has 1 aromatic rings. The summed E-state index contributed by atoms with van der Waals surface area (Å²) in [5, 5.41) is 2.63. The molecule has 0 aromatic carbocycles. The molecule has 17 heavy (non-hydrogen) atoms. The molecule has 0 spiro atoms. The van der Waals surface area contributed by atoms with E-state index in [1.54, 1.807) is 20.8 Å². The largest absolute Gasteiger partial charge is 0.465 e. The Balaban J connectivity index is 2.72. The fraction of sp³-hybridized carbons (Fsp3) is 0.583. The molecule has 0 atom stereocenters. The van der Waals surface area contributed by atoms with Crippen LogP contribution in [0.2, 0.25) is 0 Å². The van der Waals surface area contributed by atoms with E-state index in [2.05, 4.69) is 4.98 Å². The summed E-state index contributed by atoms with van der Waals surface area (Å²) < 4.78 is 4.89. The Hall–Kier alpha value is -1.23. The number of carbonyl (C=O) groups excluding carboxylic acids is 2. The Morgan fingerprint density at radius 2 is 2.12 bits per heavy atom. The van der Waals surface area contributed by atoms with Crippen LogP contribution in [0.3, 0.4) is 0 Å². The first-order chi connectivity index (χ1) is 7.87. The molecule has 5 heteroatoms. The monoisotopic (exact) mass is 255 g/mol. The van der Waals surface area contributed by atoms with Crippen LogP contribution in [0.15, 0.2) is 5.38 Å². The van der Waals surface area contributed by atoms with Gasteiger partial charge in [-0.25, -0.2) is 4.98 Å². The van der Waals surface area contributed by atoms with Gasteiger partial charge in [0, 0.05) is 11.1 Å². The van der Waals surface area contributed by atoms with E-state index < -0.39 is 11.4 Å². The van der Waals surface area contributed by atoms with Crippen LogP contribution in [0.1, 0.15) is 31.5 Å². The van der Waals surface area contributed by atoms with Crippen molar-refractivity contribution in [3.8, 4) is 0 Å². The Morgan fingerprint density at radius 1 is 1.47 bits per heavy atom. The molecule has 0 aliphatic heterocycles. The second-order valence-electron chi connectivity index (χ2n) is 4.33. The zero-order chi connectivity index (χ0) is 13.1. The number of rotatable bonds is 5. The van der Waals surface area contributed by atoms with E-state index in [1.165, 1.54) is 11.3 Å². The summed E-state index contributed by atoms with van der Waals surface area (Å²) in [6, 6.07) is 0. The van der Waals surface area contributed by atoms with E-state index in [4.69, 9.17) is 4.74 Å². The van der Waals surface area contributed by atoms with Crippen molar-refractivity contribution in [2.24, 2.45) is 5.41 Å². The molecule has 1 rings (SSSR count). The van der Waals surface area contributed by atoms with Gasteiger partial charge in [-0.05, 0) is 27.7 Å². The fourth-order valence-electron chi connectivity index (χ4n) is 1.27. The molecule has 0 saturated heterocycles. The lowest BCUT2D eigenvalue weighted by Gasteiger charge is -2.20. The van der Waals surface area contributed by atoms with Gasteiger partial charge < -0.3 is 4.74 Å². The van der Waals surface area contributed by atoms with Crippen LogP contribution in [-0.2, 0) is 20.7 Å². The minimum atomic E-state index is -1.10. The van der Waals surface area contributed by atoms with E-state index >= 15 is 0 Å². The second kappa shape index (κ2) is 5.40. The zero-order valence-electron chi connectivity index (χ0n) is 10.6. The average Bonchev–Trinajstić information content (AvgIpc) is 2.64. The zero-order valence-corrected chi connectivity index (χ0v) is 11.4. The van der Waals surface area contributed by atoms with Crippen molar-refractivity contribution in [1.29, 1.82) is 0 Å². The van der Waals surface area contributed by atoms with Crippen molar-refractivity contribution in [3.63, 3.8) is 0 Å². The Morgan fingerprint density at radius 3 is 2.59 bits per heavy atom. The standard InChI is InChI=1S/C12H17NO3S/c1-5-16-11(15)12(3,4)9(14)6-10-13-8(2)7-17-10/h7H,5-6H2,1-4H3. The lowest BCUT2D eigenvalue weighted by Crippen LogP contribution is -2.36. The lowest BCUT2D eigenvalue weighted by atomic mass is 9.86. The van der Waals surface area contributed by atoms with E-state index in [-0.39, 0.29) is 18.8 Å². The predicted molar refractivity (Wildman–Crippen MR) is 66.0 cm³/mol. The number of esters is 1. The molecule has 0 saturated carbocycles. The van der Waals surface area contributed by atoms with Gasteiger partial charge in [0.25, 0.3) is 0 Å². The van der Waals surface area contributed by atoms with Gasteiger partial charge in [-0.1, -0.05) is 0 Å². The van der Waals surface area contributed by atoms with Crippen molar-refractivity contribution in [2.75, 3.05) is 6.61 Å². The second-order valence-corrected chi connectivity index (χ2v) is 5.27. The van der Waals surface area contributed by atoms with Crippen molar-refractivity contribution in [1.82, 2.24) is 4.98 Å². The third kappa shape index (κ3) is 3.36. The molecule has 0 aliphatic rings. The summed E-state index contributed by atoms with van der Waals surface area (Å²) >= 11 is 1.43. The molecule has 0 radical (unpaired) electrons. The average molecular weight is 255 g/mol. The SMILES string of the molecule is CCOC(=O)C(C)(C)C(=O)Cc1nc(C)cs1. The molecular weight excluding hydrogens is 238 g/mol. The first kappa shape index (κ1) is 13.8. The van der Waals surface area contributed by atoms with Gasteiger partial charge in [0.1, 0.15) is 10.4 Å². The van der Waals surface area contributed by atoms with Gasteiger partial charge in [-0.2, -0.15) is 0 Å². The maximum absolute atomic E-state index is 12.0. The van der Waals surface area contributed by atoms with Crippen LogP contribution < -0.4 is 0 Å². The molecule has 94 valence electrons. The van der Waals surface area contributed by atoms with Crippen molar-refractivity contribution in [2.45, 2.75) is 34.1 Å². The highest BCUT2D eigenvalue weighted by atomic mass is 32.1. The maximum atomic E-state index is 12.0. The van der Waals surface area contributed by atoms with Gasteiger partial charge >= 0.3 is 5.97 Å². The smallest absolute Gasteiger partial charge is 0.319 e. The molecule has 4 nitrogen and oxygen atoms in total. The van der Waals surface area contributed by atoms with Gasteiger partial charge in [0.05, 0.1) is 13.0 Å². The summed E-state index contributed by atoms with van der Waals surface area (Å²) in [6.45, 7) is 7.07. The Kier molecular flexibility index (Phi) is 4.40. The van der Waals surface area contributed by atoms with Crippen LogP contribution in [0, 0.1) is 12.3 Å². The molecule has 0 amide bonds. The number of aryl methyl sites for hydroxylation is 1. The quantitative estimate of drug-likeness (QED) is 0.597. The van der Waals surface area contributed by atoms with E-state index in [0.717, 1.165) is 10.7 Å². The number of hydrogen-bond acceptors (Lipinski definition) is 5. The molecule has 0 bridgehead atoms. The molecular formula is C12H17NO3S. The minimum Gasteiger partial charge on any atom is -0.465 e. The van der Waals surface area contributed by atoms with Crippen LogP contribution in [0.25, 0.3) is 0 Å². The number of thiazole rings is 1. The van der Waals surface area contributed by atoms with E-state index in [0.29, 0.717) is 0 Å². The minimum absolute atomic E-state index is 0.162. The van der Waals surface area contributed by atoms with Gasteiger partial charge in [-0.15, -0.1) is 11.3 Å². The van der Waals surface area contributed by atoms with Crippen molar-refractivity contribution in [3.05, 3.63) is 16.1 Å². The summed E-state index contributed by atoms with van der Waals surface area (Å²) in [4.78, 5) is 27.9.